The van der Waals surface area contributed by atoms with E-state index in [9.17, 15) is 8.42 Å². The number of ether oxygens (including phenoxy) is 1. The summed E-state index contributed by atoms with van der Waals surface area (Å²) >= 11 is 0. The van der Waals surface area contributed by atoms with Gasteiger partial charge in [0.15, 0.2) is 0 Å². The molecule has 0 saturated heterocycles. The van der Waals surface area contributed by atoms with Gasteiger partial charge in [-0.15, -0.1) is 0 Å². The summed E-state index contributed by atoms with van der Waals surface area (Å²) in [6.45, 7) is 2.96. The Balaban J connectivity index is 2.58. The molecule has 0 atom stereocenters. The first-order valence-corrected chi connectivity index (χ1v) is 7.86. The lowest BCUT2D eigenvalue weighted by Crippen LogP contribution is -2.13. The predicted molar refractivity (Wildman–Crippen MR) is 78.6 cm³/mol. The van der Waals surface area contributed by atoms with E-state index in [1.807, 2.05) is 31.2 Å². The van der Waals surface area contributed by atoms with Crippen LogP contribution in [0.4, 0.5) is 0 Å². The maximum atomic E-state index is 11.7. The SMILES string of the molecule is CCOCc1ccccc1-c1ccccc1S(N)(=O)=O. The van der Waals surface area contributed by atoms with E-state index in [2.05, 4.69) is 0 Å². The van der Waals surface area contributed by atoms with E-state index in [1.54, 1.807) is 18.2 Å². The third-order valence-corrected chi connectivity index (χ3v) is 3.93. The quantitative estimate of drug-likeness (QED) is 0.920. The van der Waals surface area contributed by atoms with Gasteiger partial charge in [-0.25, -0.2) is 13.6 Å². The zero-order chi connectivity index (χ0) is 14.6. The lowest BCUT2D eigenvalue weighted by molar-refractivity contribution is 0.134. The van der Waals surface area contributed by atoms with Crippen LogP contribution in [0.5, 0.6) is 0 Å². The summed E-state index contributed by atoms with van der Waals surface area (Å²) < 4.78 is 28.8. The fourth-order valence-corrected chi connectivity index (χ4v) is 2.81. The second kappa shape index (κ2) is 6.17. The van der Waals surface area contributed by atoms with E-state index in [4.69, 9.17) is 9.88 Å². The van der Waals surface area contributed by atoms with Crippen LogP contribution < -0.4 is 5.14 Å². The molecule has 0 amide bonds. The molecular formula is C15H17NO3S. The van der Waals surface area contributed by atoms with Crippen LogP contribution in [0.2, 0.25) is 0 Å². The summed E-state index contributed by atoms with van der Waals surface area (Å²) in [7, 11) is -3.76. The highest BCUT2D eigenvalue weighted by atomic mass is 32.2. The van der Waals surface area contributed by atoms with E-state index in [0.29, 0.717) is 18.8 Å². The highest BCUT2D eigenvalue weighted by molar-refractivity contribution is 7.89. The third kappa shape index (κ3) is 3.25. The molecule has 2 aromatic rings. The first-order chi connectivity index (χ1) is 9.54. The number of sulfonamides is 1. The van der Waals surface area contributed by atoms with Gasteiger partial charge < -0.3 is 4.74 Å². The van der Waals surface area contributed by atoms with Gasteiger partial charge in [0, 0.05) is 12.2 Å². The third-order valence-electron chi connectivity index (χ3n) is 2.96. The standard InChI is InChI=1S/C15H17NO3S/c1-2-19-11-12-7-3-4-8-13(12)14-9-5-6-10-15(14)20(16,17)18/h3-10H,2,11H2,1H3,(H2,16,17,18). The zero-order valence-electron chi connectivity index (χ0n) is 11.2. The second-order valence-electron chi connectivity index (χ2n) is 4.34. The molecule has 106 valence electrons. The highest BCUT2D eigenvalue weighted by Crippen LogP contribution is 2.29. The van der Waals surface area contributed by atoms with Gasteiger partial charge in [0.25, 0.3) is 0 Å². The summed E-state index contributed by atoms with van der Waals surface area (Å²) in [4.78, 5) is 0.129. The molecule has 5 heteroatoms. The maximum absolute atomic E-state index is 11.7. The lowest BCUT2D eigenvalue weighted by atomic mass is 10.0. The maximum Gasteiger partial charge on any atom is 0.238 e. The molecule has 0 heterocycles. The molecule has 2 aromatic carbocycles. The fraction of sp³-hybridized carbons (Fsp3) is 0.200. The van der Waals surface area contributed by atoms with Crippen LogP contribution in [-0.2, 0) is 21.4 Å². The average molecular weight is 291 g/mol. The second-order valence-corrected chi connectivity index (χ2v) is 5.87. The number of primary sulfonamides is 1. The van der Waals surface area contributed by atoms with Crippen LogP contribution in [0.3, 0.4) is 0 Å². The Labute approximate surface area is 119 Å². The van der Waals surface area contributed by atoms with E-state index in [1.165, 1.54) is 6.07 Å². The predicted octanol–water partition coefficient (Wildman–Crippen LogP) is 2.54. The van der Waals surface area contributed by atoms with E-state index >= 15 is 0 Å². The van der Waals surface area contributed by atoms with Crippen LogP contribution >= 0.6 is 0 Å². The number of rotatable bonds is 5. The van der Waals surface area contributed by atoms with Gasteiger partial charge in [-0.3, -0.25) is 0 Å². The van der Waals surface area contributed by atoms with Crippen molar-refractivity contribution >= 4 is 10.0 Å². The Morgan fingerprint density at radius 1 is 1.00 bits per heavy atom. The van der Waals surface area contributed by atoms with Crippen LogP contribution in [0.1, 0.15) is 12.5 Å². The summed E-state index contributed by atoms with van der Waals surface area (Å²) in [6, 6.07) is 14.3. The first-order valence-electron chi connectivity index (χ1n) is 6.32. The Kier molecular flexibility index (Phi) is 4.54. The molecule has 20 heavy (non-hydrogen) atoms. The molecule has 2 N–H and O–H groups in total. The van der Waals surface area contributed by atoms with Gasteiger partial charge in [-0.2, -0.15) is 0 Å². The van der Waals surface area contributed by atoms with Crippen molar-refractivity contribution in [3.63, 3.8) is 0 Å². The zero-order valence-corrected chi connectivity index (χ0v) is 12.1. The Bertz CT molecular complexity index is 696. The van der Waals surface area contributed by atoms with Crippen LogP contribution in [0.15, 0.2) is 53.4 Å². The number of hydrogen-bond donors (Lipinski definition) is 1. The van der Waals surface area contributed by atoms with Gasteiger partial charge in [-0.1, -0.05) is 42.5 Å². The average Bonchev–Trinajstić information content (AvgIpc) is 2.44. The minimum atomic E-state index is -3.76. The number of nitrogens with two attached hydrogens (primary N) is 1. The highest BCUT2D eigenvalue weighted by Gasteiger charge is 2.16. The Morgan fingerprint density at radius 2 is 1.60 bits per heavy atom. The van der Waals surface area contributed by atoms with Crippen molar-refractivity contribution in [3.05, 3.63) is 54.1 Å². The molecule has 0 spiro atoms. The van der Waals surface area contributed by atoms with Crippen molar-refractivity contribution in [3.8, 4) is 11.1 Å². The van der Waals surface area contributed by atoms with Gasteiger partial charge in [0.1, 0.15) is 0 Å². The summed E-state index contributed by atoms with van der Waals surface area (Å²) in [5.41, 5.74) is 2.36. The van der Waals surface area contributed by atoms with Gasteiger partial charge in [0.05, 0.1) is 11.5 Å². The van der Waals surface area contributed by atoms with E-state index < -0.39 is 10.0 Å². The lowest BCUT2D eigenvalue weighted by Gasteiger charge is -2.12. The molecule has 0 unspecified atom stereocenters. The smallest absolute Gasteiger partial charge is 0.238 e. The Morgan fingerprint density at radius 3 is 2.25 bits per heavy atom. The van der Waals surface area contributed by atoms with Crippen molar-refractivity contribution in [2.75, 3.05) is 6.61 Å². The molecule has 2 rings (SSSR count). The molecule has 4 nitrogen and oxygen atoms in total. The fourth-order valence-electron chi connectivity index (χ4n) is 2.06. The largest absolute Gasteiger partial charge is 0.377 e. The molecule has 0 aromatic heterocycles. The molecule has 0 radical (unpaired) electrons. The van der Waals surface area contributed by atoms with Crippen LogP contribution in [0, 0.1) is 0 Å². The van der Waals surface area contributed by atoms with Crippen molar-refractivity contribution in [1.29, 1.82) is 0 Å². The van der Waals surface area contributed by atoms with Crippen LogP contribution in [0.25, 0.3) is 11.1 Å². The molecule has 0 aliphatic carbocycles. The van der Waals surface area contributed by atoms with Crippen molar-refractivity contribution < 1.29 is 13.2 Å². The topological polar surface area (TPSA) is 69.4 Å². The van der Waals surface area contributed by atoms with Gasteiger partial charge in [0.2, 0.25) is 10.0 Å². The van der Waals surface area contributed by atoms with Gasteiger partial charge in [-0.05, 0) is 24.1 Å². The van der Waals surface area contributed by atoms with Crippen molar-refractivity contribution in [1.82, 2.24) is 0 Å². The van der Waals surface area contributed by atoms with Gasteiger partial charge >= 0.3 is 0 Å². The molecular weight excluding hydrogens is 274 g/mol. The summed E-state index contributed by atoms with van der Waals surface area (Å²) in [6.07, 6.45) is 0. The summed E-state index contributed by atoms with van der Waals surface area (Å²) in [5.74, 6) is 0. The van der Waals surface area contributed by atoms with Crippen molar-refractivity contribution in [2.45, 2.75) is 18.4 Å². The minimum Gasteiger partial charge on any atom is -0.377 e. The minimum absolute atomic E-state index is 0.129. The van der Waals surface area contributed by atoms with Crippen molar-refractivity contribution in [2.24, 2.45) is 5.14 Å². The number of hydrogen-bond acceptors (Lipinski definition) is 3. The molecule has 0 aliphatic rings. The number of benzene rings is 2. The van der Waals surface area contributed by atoms with E-state index in [-0.39, 0.29) is 4.90 Å². The summed E-state index contributed by atoms with van der Waals surface area (Å²) in [5, 5.41) is 5.29. The van der Waals surface area contributed by atoms with E-state index in [0.717, 1.165) is 11.1 Å². The van der Waals surface area contributed by atoms with Crippen LogP contribution in [-0.4, -0.2) is 15.0 Å². The normalized spacial score (nSPS) is 11.5. The first kappa shape index (κ1) is 14.7. The molecule has 0 bridgehead atoms. The molecule has 0 aliphatic heterocycles. The molecule has 0 saturated carbocycles. The monoisotopic (exact) mass is 291 g/mol. The Hall–Kier alpha value is -1.69. The molecule has 0 fully saturated rings.